The Morgan fingerprint density at radius 3 is 2.44 bits per heavy atom. The normalized spacial score (nSPS) is 21.2. The lowest BCUT2D eigenvalue weighted by atomic mass is 9.59. The minimum Gasteiger partial charge on any atom is -0.491 e. The maximum absolute atomic E-state index is 14.7. The monoisotopic (exact) mass is 1070 g/mol. The second kappa shape index (κ2) is 21.8. The Morgan fingerprint density at radius 1 is 0.948 bits per heavy atom. The first-order valence-corrected chi connectivity index (χ1v) is 27.9. The highest BCUT2D eigenvalue weighted by Crippen LogP contribution is 2.53. The van der Waals surface area contributed by atoms with Gasteiger partial charge in [0.25, 0.3) is 21.8 Å². The van der Waals surface area contributed by atoms with Crippen LogP contribution in [0.2, 0.25) is 0 Å². The molecule has 19 nitrogen and oxygen atoms in total. The van der Waals surface area contributed by atoms with Crippen molar-refractivity contribution in [2.24, 2.45) is 11.3 Å². The van der Waals surface area contributed by atoms with Crippen LogP contribution in [0.4, 0.5) is 21.6 Å². The van der Waals surface area contributed by atoms with E-state index < -0.39 is 42.9 Å². The van der Waals surface area contributed by atoms with E-state index in [1.54, 1.807) is 33.3 Å². The number of piperazine rings is 1. The van der Waals surface area contributed by atoms with Gasteiger partial charge in [-0.3, -0.25) is 24.7 Å². The number of anilines is 2. The first kappa shape index (κ1) is 53.5. The number of benzene rings is 2. The van der Waals surface area contributed by atoms with Crippen LogP contribution in [0.15, 0.2) is 90.3 Å². The third kappa shape index (κ3) is 11.5. The van der Waals surface area contributed by atoms with Gasteiger partial charge < -0.3 is 34.5 Å². The Bertz CT molecular complexity index is 3260. The Morgan fingerprint density at radius 2 is 1.71 bits per heavy atom. The number of aromatic amines is 1. The van der Waals surface area contributed by atoms with Crippen molar-refractivity contribution in [1.29, 1.82) is 0 Å². The van der Waals surface area contributed by atoms with Gasteiger partial charge in [0.15, 0.2) is 5.75 Å². The summed E-state index contributed by atoms with van der Waals surface area (Å²) in [5.74, 6) is -0.0241. The van der Waals surface area contributed by atoms with Crippen molar-refractivity contribution in [1.82, 2.24) is 34.5 Å². The Hall–Kier alpha value is -6.94. The van der Waals surface area contributed by atoms with Crippen LogP contribution in [0.5, 0.6) is 23.1 Å². The summed E-state index contributed by atoms with van der Waals surface area (Å²) in [6, 6.07) is 18.7. The van der Waals surface area contributed by atoms with Crippen molar-refractivity contribution in [2.75, 3.05) is 63.7 Å². The van der Waals surface area contributed by atoms with Crippen LogP contribution in [-0.2, 0) is 16.6 Å². The number of ether oxygens (including phenoxy) is 3. The molecule has 4 aliphatic rings. The van der Waals surface area contributed by atoms with Gasteiger partial charge in [0, 0.05) is 88.1 Å². The number of hydrogen-bond acceptors (Lipinski definition) is 16. The number of fused-ring (bicyclic) bond motifs is 1. The number of nitrogens with zero attached hydrogens (tertiary/aromatic N) is 7. The summed E-state index contributed by atoms with van der Waals surface area (Å²) in [5.41, 5.74) is 3.55. The topological polar surface area (TPSA) is 231 Å². The van der Waals surface area contributed by atoms with Gasteiger partial charge >= 0.3 is 5.69 Å². The molecule has 77 heavy (non-hydrogen) atoms. The molecule has 0 unspecified atom stereocenters. The third-order valence-electron chi connectivity index (χ3n) is 16.4. The van der Waals surface area contributed by atoms with E-state index >= 15 is 0 Å². The summed E-state index contributed by atoms with van der Waals surface area (Å²) < 4.78 is 61.7. The summed E-state index contributed by atoms with van der Waals surface area (Å²) in [7, 11) is -1.50. The first-order chi connectivity index (χ1) is 36.9. The molecule has 4 fully saturated rings. The molecule has 4 aromatic heterocycles. The predicted molar refractivity (Wildman–Crippen MR) is 289 cm³/mol. The van der Waals surface area contributed by atoms with E-state index in [-0.39, 0.29) is 45.6 Å². The van der Waals surface area contributed by atoms with Gasteiger partial charge in [-0.25, -0.2) is 32.5 Å². The first-order valence-electron chi connectivity index (χ1n) is 26.4. The number of halogens is 1. The predicted octanol–water partition coefficient (Wildman–Crippen LogP) is 9.11. The molecule has 0 bridgehead atoms. The number of hydrogen-bond donors (Lipinski definition) is 4. The van der Waals surface area contributed by atoms with Gasteiger partial charge in [0.2, 0.25) is 5.82 Å². The van der Waals surface area contributed by atoms with E-state index in [1.807, 2.05) is 12.3 Å². The molecule has 2 saturated heterocycles. The number of carbonyl (C=O) groups is 1. The number of piperidine rings is 1. The lowest BCUT2D eigenvalue weighted by molar-refractivity contribution is -0.384. The highest BCUT2D eigenvalue weighted by atomic mass is 32.2. The van der Waals surface area contributed by atoms with E-state index in [1.165, 1.54) is 35.7 Å². The lowest BCUT2D eigenvalue weighted by Crippen LogP contribution is -2.60. The van der Waals surface area contributed by atoms with Gasteiger partial charge in [-0.1, -0.05) is 38.1 Å². The molecule has 0 radical (unpaired) electrons. The van der Waals surface area contributed by atoms with Crippen molar-refractivity contribution < 1.29 is 41.8 Å². The number of pyridine rings is 3. The summed E-state index contributed by atoms with van der Waals surface area (Å²) in [6.07, 6.45) is 12.1. The summed E-state index contributed by atoms with van der Waals surface area (Å²) in [6.45, 7) is 11.6. The van der Waals surface area contributed by atoms with Gasteiger partial charge in [-0.05, 0) is 116 Å². The number of nitrogens with one attached hydrogen (secondary N) is 3. The van der Waals surface area contributed by atoms with Crippen LogP contribution < -0.4 is 29.1 Å². The van der Waals surface area contributed by atoms with Gasteiger partial charge in [-0.2, -0.15) is 0 Å². The molecule has 1 amide bonds. The number of aliphatic hydroxyl groups is 1. The minimum absolute atomic E-state index is 0.00146. The zero-order chi connectivity index (χ0) is 54.2. The van der Waals surface area contributed by atoms with Crippen molar-refractivity contribution >= 4 is 44.2 Å². The molecular formula is C56H67FN10O9S. The number of aromatic nitrogens is 4. The van der Waals surface area contributed by atoms with Gasteiger partial charge in [0.1, 0.15) is 27.9 Å². The van der Waals surface area contributed by atoms with Crippen molar-refractivity contribution in [3.8, 4) is 23.1 Å². The van der Waals surface area contributed by atoms with E-state index in [0.717, 1.165) is 88.5 Å². The molecule has 2 aliphatic heterocycles. The third-order valence-corrected chi connectivity index (χ3v) is 17.7. The van der Waals surface area contributed by atoms with Gasteiger partial charge in [-0.15, -0.1) is 0 Å². The largest absolute Gasteiger partial charge is 0.491 e. The lowest BCUT2D eigenvalue weighted by Gasteiger charge is -2.58. The molecule has 6 heterocycles. The highest BCUT2D eigenvalue weighted by molar-refractivity contribution is 7.90. The maximum atomic E-state index is 14.7. The van der Waals surface area contributed by atoms with Crippen LogP contribution in [0.3, 0.4) is 0 Å². The second-order valence-corrected chi connectivity index (χ2v) is 23.6. The quantitative estimate of drug-likeness (QED) is 0.0493. The van der Waals surface area contributed by atoms with Crippen LogP contribution in [0, 0.1) is 27.3 Å². The minimum atomic E-state index is -4.71. The van der Waals surface area contributed by atoms with Crippen molar-refractivity contribution in [3.05, 3.63) is 124 Å². The molecule has 4 N–H and O–H groups in total. The maximum Gasteiger partial charge on any atom is 0.312 e. The molecule has 1 atom stereocenters. The zero-order valence-electron chi connectivity index (χ0n) is 44.1. The second-order valence-electron chi connectivity index (χ2n) is 21.9. The zero-order valence-corrected chi connectivity index (χ0v) is 44.9. The molecular weight excluding hydrogens is 1010 g/mol. The van der Waals surface area contributed by atoms with E-state index in [9.17, 15) is 32.8 Å². The Balaban J connectivity index is 0.838. The van der Waals surface area contributed by atoms with Crippen molar-refractivity contribution in [3.63, 3.8) is 0 Å². The average molecular weight is 1080 g/mol. The number of nitro groups is 1. The number of H-pyrrole nitrogens is 1. The summed E-state index contributed by atoms with van der Waals surface area (Å²) in [5, 5.41) is 25.7. The molecule has 408 valence electrons. The fourth-order valence-corrected chi connectivity index (χ4v) is 12.9. The number of carbonyl (C=O) groups excluding carboxylic acids is 1. The van der Waals surface area contributed by atoms with Crippen LogP contribution >= 0.6 is 0 Å². The number of methoxy groups -OCH3 is 2. The van der Waals surface area contributed by atoms with Crippen LogP contribution in [0.1, 0.15) is 111 Å². The molecule has 6 aromatic rings. The van der Waals surface area contributed by atoms with E-state index in [0.29, 0.717) is 61.5 Å². The van der Waals surface area contributed by atoms with E-state index in [2.05, 4.69) is 82.8 Å². The fourth-order valence-electron chi connectivity index (χ4n) is 11.9. The molecule has 1 spiro atoms. The van der Waals surface area contributed by atoms with Crippen LogP contribution in [-0.4, -0.2) is 119 Å². The van der Waals surface area contributed by atoms with E-state index in [4.69, 9.17) is 14.2 Å². The Kier molecular flexibility index (Phi) is 15.2. The average Bonchev–Trinajstić information content (AvgIpc) is 3.78. The number of rotatable bonds is 17. The Labute approximate surface area is 447 Å². The smallest absolute Gasteiger partial charge is 0.312 e. The number of amides is 1. The summed E-state index contributed by atoms with van der Waals surface area (Å²) in [4.78, 5) is 48.1. The summed E-state index contributed by atoms with van der Waals surface area (Å²) >= 11 is 0. The van der Waals surface area contributed by atoms with Crippen molar-refractivity contribution in [2.45, 2.75) is 107 Å². The van der Waals surface area contributed by atoms with Gasteiger partial charge in [0.05, 0.1) is 48.1 Å². The SMILES string of the molecule is COc1cc(CN2CCN(C3CC4(CCN(c5ccc(C(=O)NS(=O)(=O)c6cnc(NCC7CCC(C)(O)CC7)c([N+](=O)[O-])c6)c(Oc6cnc7[nH]cc(F)c7c6)c5)CC4)C3)[C@H](c3ccccc3C(C)C)C2)cnc1OC. The molecule has 2 aliphatic carbocycles. The van der Waals surface area contributed by atoms with Crippen LogP contribution in [0.25, 0.3) is 11.0 Å². The molecule has 2 aromatic carbocycles. The standard InChI is InChI=1S/C56H67FN10O9S/c1-35(2)42-8-6-7-9-43(42)48-34-64(33-37-22-50(74-4)54(75-5)62-29-37)20-21-66(48)39-26-56(27-39)16-18-65(19-17-56)38-10-11-44(49(23-38)76-40-24-45-46(57)32-61-51(45)59-30-40)53(68)63-77(72,73)41-25-47(67(70)71)52(60-31-41)58-28-36-12-14-55(3,69)15-13-36/h6-11,22-25,29-32,35-36,39,48,69H,12-21,26-28,33-34H2,1-5H3,(H,58,60)(H,59,61)(H,63,68)/t36?,48-,55?/m0/s1. The highest BCUT2D eigenvalue weighted by Gasteiger charge is 2.50. The molecule has 10 rings (SSSR count). The number of sulfonamides is 1. The fraction of sp³-hybridized carbons (Fsp3) is 0.464. The molecule has 21 heteroatoms. The molecule has 2 saturated carbocycles.